The van der Waals surface area contributed by atoms with Crippen molar-refractivity contribution in [1.82, 2.24) is 10.2 Å². The molecule has 0 aliphatic carbocycles. The minimum Gasteiger partial charge on any atom is -0.394 e. The van der Waals surface area contributed by atoms with Crippen molar-refractivity contribution in [2.75, 3.05) is 40.0 Å². The van der Waals surface area contributed by atoms with Crippen LogP contribution in [0.25, 0.3) is 0 Å². The van der Waals surface area contributed by atoms with Crippen LogP contribution in [0.2, 0.25) is 0 Å². The first-order valence-electron chi connectivity index (χ1n) is 6.29. The molecule has 1 saturated heterocycles. The van der Waals surface area contributed by atoms with Crippen LogP contribution >= 0.6 is 0 Å². The third-order valence-corrected chi connectivity index (χ3v) is 3.24. The summed E-state index contributed by atoms with van der Waals surface area (Å²) in [6.07, 6.45) is 3.14. The van der Waals surface area contributed by atoms with Crippen LogP contribution in [-0.4, -0.2) is 61.4 Å². The minimum atomic E-state index is -0.413. The zero-order valence-electron chi connectivity index (χ0n) is 10.9. The van der Waals surface area contributed by atoms with Gasteiger partial charge >= 0.3 is 0 Å². The van der Waals surface area contributed by atoms with Gasteiger partial charge in [0, 0.05) is 13.6 Å². The SMILES string of the molecule is CN(CCOCCO)C(=O)C1(C)CCCCN1. The average Bonchev–Trinajstić information content (AvgIpc) is 2.34. The number of rotatable bonds is 6. The van der Waals surface area contributed by atoms with Crippen LogP contribution in [0.5, 0.6) is 0 Å². The van der Waals surface area contributed by atoms with E-state index in [0.717, 1.165) is 25.8 Å². The lowest BCUT2D eigenvalue weighted by atomic mass is 9.89. The van der Waals surface area contributed by atoms with Crippen LogP contribution in [0.1, 0.15) is 26.2 Å². The van der Waals surface area contributed by atoms with E-state index in [1.807, 2.05) is 6.92 Å². The average molecular weight is 244 g/mol. The molecule has 5 heteroatoms. The number of hydrogen-bond donors (Lipinski definition) is 2. The fourth-order valence-electron chi connectivity index (χ4n) is 2.13. The molecular weight excluding hydrogens is 220 g/mol. The van der Waals surface area contributed by atoms with E-state index in [4.69, 9.17) is 9.84 Å². The van der Waals surface area contributed by atoms with Gasteiger partial charge in [-0.25, -0.2) is 0 Å². The summed E-state index contributed by atoms with van der Waals surface area (Å²) < 4.78 is 5.16. The van der Waals surface area contributed by atoms with Gasteiger partial charge in [0.1, 0.15) is 0 Å². The number of ether oxygens (including phenoxy) is 1. The molecule has 1 heterocycles. The first kappa shape index (κ1) is 14.4. The van der Waals surface area contributed by atoms with Gasteiger partial charge in [-0.3, -0.25) is 4.79 Å². The van der Waals surface area contributed by atoms with Crippen LogP contribution < -0.4 is 5.32 Å². The second-order valence-electron chi connectivity index (χ2n) is 4.78. The summed E-state index contributed by atoms with van der Waals surface area (Å²) in [6, 6.07) is 0. The molecule has 5 nitrogen and oxygen atoms in total. The molecule has 1 amide bonds. The van der Waals surface area contributed by atoms with Crippen molar-refractivity contribution in [3.05, 3.63) is 0 Å². The molecule has 0 aromatic heterocycles. The predicted octanol–water partition coefficient (Wildman–Crippen LogP) is -0.0141. The van der Waals surface area contributed by atoms with Crippen molar-refractivity contribution in [1.29, 1.82) is 0 Å². The van der Waals surface area contributed by atoms with E-state index in [2.05, 4.69) is 5.32 Å². The third kappa shape index (κ3) is 4.26. The Morgan fingerprint density at radius 2 is 2.24 bits per heavy atom. The molecule has 100 valence electrons. The minimum absolute atomic E-state index is 0.0247. The number of carbonyl (C=O) groups excluding carboxylic acids is 1. The Morgan fingerprint density at radius 3 is 2.82 bits per heavy atom. The quantitative estimate of drug-likeness (QED) is 0.645. The maximum atomic E-state index is 12.2. The van der Waals surface area contributed by atoms with E-state index < -0.39 is 5.54 Å². The van der Waals surface area contributed by atoms with Crippen LogP contribution in [0.4, 0.5) is 0 Å². The van der Waals surface area contributed by atoms with Crippen LogP contribution in [-0.2, 0) is 9.53 Å². The number of likely N-dealkylation sites (N-methyl/N-ethyl adjacent to an activating group) is 1. The molecule has 0 aromatic rings. The number of aliphatic hydroxyl groups is 1. The molecule has 0 bridgehead atoms. The van der Waals surface area contributed by atoms with Crippen molar-refractivity contribution in [3.8, 4) is 0 Å². The topological polar surface area (TPSA) is 61.8 Å². The fraction of sp³-hybridized carbons (Fsp3) is 0.917. The van der Waals surface area contributed by atoms with Gasteiger partial charge < -0.3 is 20.1 Å². The van der Waals surface area contributed by atoms with Gasteiger partial charge in [0.05, 0.1) is 25.4 Å². The smallest absolute Gasteiger partial charge is 0.242 e. The molecule has 1 aliphatic rings. The second-order valence-corrected chi connectivity index (χ2v) is 4.78. The number of nitrogens with zero attached hydrogens (tertiary/aromatic N) is 1. The molecule has 0 radical (unpaired) electrons. The summed E-state index contributed by atoms with van der Waals surface area (Å²) in [4.78, 5) is 13.9. The Morgan fingerprint density at radius 1 is 1.47 bits per heavy atom. The highest BCUT2D eigenvalue weighted by molar-refractivity contribution is 5.85. The van der Waals surface area contributed by atoms with Crippen LogP contribution in [0, 0.1) is 0 Å². The van der Waals surface area contributed by atoms with E-state index >= 15 is 0 Å². The van der Waals surface area contributed by atoms with Gasteiger partial charge in [0.15, 0.2) is 0 Å². The third-order valence-electron chi connectivity index (χ3n) is 3.24. The van der Waals surface area contributed by atoms with Gasteiger partial charge in [0.25, 0.3) is 0 Å². The number of aliphatic hydroxyl groups excluding tert-OH is 1. The first-order chi connectivity index (χ1) is 8.10. The molecule has 1 rings (SSSR count). The van der Waals surface area contributed by atoms with E-state index in [9.17, 15) is 4.79 Å². The highest BCUT2D eigenvalue weighted by atomic mass is 16.5. The maximum Gasteiger partial charge on any atom is 0.242 e. The highest BCUT2D eigenvalue weighted by Gasteiger charge is 2.36. The molecule has 17 heavy (non-hydrogen) atoms. The molecule has 0 saturated carbocycles. The van der Waals surface area contributed by atoms with Crippen LogP contribution in [0.15, 0.2) is 0 Å². The van der Waals surface area contributed by atoms with Crippen molar-refractivity contribution < 1.29 is 14.6 Å². The molecule has 1 aliphatic heterocycles. The summed E-state index contributed by atoms with van der Waals surface area (Å²) in [6.45, 7) is 4.28. The van der Waals surface area contributed by atoms with Gasteiger partial charge in [-0.05, 0) is 32.7 Å². The van der Waals surface area contributed by atoms with Gasteiger partial charge in [-0.1, -0.05) is 0 Å². The zero-order valence-corrected chi connectivity index (χ0v) is 10.9. The predicted molar refractivity (Wildman–Crippen MR) is 65.8 cm³/mol. The van der Waals surface area contributed by atoms with Crippen molar-refractivity contribution in [2.24, 2.45) is 0 Å². The monoisotopic (exact) mass is 244 g/mol. The summed E-state index contributed by atoms with van der Waals surface area (Å²) >= 11 is 0. The summed E-state index contributed by atoms with van der Waals surface area (Å²) in [5.74, 6) is 0.129. The molecule has 0 spiro atoms. The molecule has 0 aromatic carbocycles. The summed E-state index contributed by atoms with van der Waals surface area (Å²) in [5, 5.41) is 11.9. The second kappa shape index (κ2) is 6.93. The molecular formula is C12H24N2O3. The number of piperidine rings is 1. The van der Waals surface area contributed by atoms with Gasteiger partial charge in [-0.15, -0.1) is 0 Å². The van der Waals surface area contributed by atoms with E-state index in [-0.39, 0.29) is 12.5 Å². The van der Waals surface area contributed by atoms with Crippen molar-refractivity contribution in [2.45, 2.75) is 31.7 Å². The normalized spacial score (nSPS) is 24.6. The lowest BCUT2D eigenvalue weighted by Gasteiger charge is -2.36. The lowest BCUT2D eigenvalue weighted by Crippen LogP contribution is -2.57. The summed E-state index contributed by atoms with van der Waals surface area (Å²) in [5.41, 5.74) is -0.413. The number of amides is 1. The van der Waals surface area contributed by atoms with Gasteiger partial charge in [-0.2, -0.15) is 0 Å². The fourth-order valence-corrected chi connectivity index (χ4v) is 2.13. The Labute approximate surface area is 103 Å². The number of nitrogens with one attached hydrogen (secondary N) is 1. The van der Waals surface area contributed by atoms with Crippen LogP contribution in [0.3, 0.4) is 0 Å². The van der Waals surface area contributed by atoms with E-state index in [1.54, 1.807) is 11.9 Å². The maximum absolute atomic E-state index is 12.2. The highest BCUT2D eigenvalue weighted by Crippen LogP contribution is 2.20. The van der Waals surface area contributed by atoms with Crippen molar-refractivity contribution in [3.63, 3.8) is 0 Å². The molecule has 1 atom stereocenters. The Bertz CT molecular complexity index is 240. The van der Waals surface area contributed by atoms with Crippen molar-refractivity contribution >= 4 is 5.91 Å². The molecule has 2 N–H and O–H groups in total. The van der Waals surface area contributed by atoms with E-state index in [0.29, 0.717) is 19.8 Å². The Kier molecular flexibility index (Phi) is 5.88. The Hall–Kier alpha value is -0.650. The standard InChI is InChI=1S/C12H24N2O3/c1-12(5-3-4-6-13-12)11(16)14(2)7-9-17-10-8-15/h13,15H,3-10H2,1-2H3. The number of hydrogen-bond acceptors (Lipinski definition) is 4. The van der Waals surface area contributed by atoms with Gasteiger partial charge in [0.2, 0.25) is 5.91 Å². The summed E-state index contributed by atoms with van der Waals surface area (Å²) in [7, 11) is 1.80. The zero-order chi connectivity index (χ0) is 12.7. The molecule has 1 unspecified atom stereocenters. The number of carbonyl (C=O) groups is 1. The Balaban J connectivity index is 2.34. The first-order valence-corrected chi connectivity index (χ1v) is 6.29. The largest absolute Gasteiger partial charge is 0.394 e. The molecule has 1 fully saturated rings. The van der Waals surface area contributed by atoms with E-state index in [1.165, 1.54) is 0 Å². The lowest BCUT2D eigenvalue weighted by molar-refractivity contribution is -0.138.